The van der Waals surface area contributed by atoms with Gasteiger partial charge in [0.05, 0.1) is 11.4 Å². The Morgan fingerprint density at radius 2 is 0.746 bits per heavy atom. The summed E-state index contributed by atoms with van der Waals surface area (Å²) in [5, 5.41) is 7.56. The first-order valence-electron chi connectivity index (χ1n) is 20.7. The predicted molar refractivity (Wildman–Crippen MR) is 254 cm³/mol. The molecule has 0 heterocycles. The van der Waals surface area contributed by atoms with Crippen molar-refractivity contribution in [1.82, 2.24) is 0 Å². The zero-order valence-corrected chi connectivity index (χ0v) is 34.0. The summed E-state index contributed by atoms with van der Waals surface area (Å²) in [7, 11) is 0. The molecular weight excluding hydrogens is 713 g/mol. The lowest BCUT2D eigenvalue weighted by atomic mass is 9.88. The van der Waals surface area contributed by atoms with Gasteiger partial charge >= 0.3 is 0 Å². The Hall–Kier alpha value is -7.16. The fourth-order valence-corrected chi connectivity index (χ4v) is 8.90. The molecule has 10 aromatic carbocycles. The molecule has 0 atom stereocenters. The van der Waals surface area contributed by atoms with Gasteiger partial charge in [-0.2, -0.15) is 0 Å². The third kappa shape index (κ3) is 6.48. The smallest absolute Gasteiger partial charge is 0.0561 e. The summed E-state index contributed by atoms with van der Waals surface area (Å²) in [6.07, 6.45) is 0. The van der Waals surface area contributed by atoms with Gasteiger partial charge in [-0.3, -0.25) is 0 Å². The Morgan fingerprint density at radius 1 is 0.339 bits per heavy atom. The molecule has 0 radical (unpaired) electrons. The van der Waals surface area contributed by atoms with Gasteiger partial charge in [-0.1, -0.05) is 172 Å². The number of rotatable bonds is 9. The Balaban J connectivity index is 1.34. The topological polar surface area (TPSA) is 6.48 Å². The quantitative estimate of drug-likeness (QED) is 0.135. The van der Waals surface area contributed by atoms with Crippen LogP contribution in [0.4, 0.5) is 34.1 Å². The third-order valence-corrected chi connectivity index (χ3v) is 12.0. The number of benzene rings is 10. The average molecular weight is 759 g/mol. The molecule has 0 saturated carbocycles. The van der Waals surface area contributed by atoms with Crippen molar-refractivity contribution in [1.29, 1.82) is 0 Å². The molecule has 284 valence electrons. The molecule has 10 aromatic rings. The van der Waals surface area contributed by atoms with Crippen molar-refractivity contribution in [3.8, 4) is 22.3 Å². The highest BCUT2D eigenvalue weighted by molar-refractivity contribution is 6.29. The number of hydrogen-bond donors (Lipinski definition) is 0. The minimum absolute atomic E-state index is 0.421. The van der Waals surface area contributed by atoms with E-state index < -0.39 is 0 Å². The summed E-state index contributed by atoms with van der Waals surface area (Å²) in [4.78, 5) is 4.99. The zero-order chi connectivity index (χ0) is 40.0. The Labute approximate surface area is 347 Å². The SMILES string of the molecule is Cc1ccc(-c2ccccc2)cc1N(c1ccccc1)c1cc(N(c2ccccc2)c2cc(-c3ccccc3)ccc2C)c2ccc3cc(C(C)C)cc4ccc1c2c43. The van der Waals surface area contributed by atoms with E-state index in [4.69, 9.17) is 0 Å². The molecule has 0 spiro atoms. The van der Waals surface area contributed by atoms with Crippen LogP contribution in [-0.2, 0) is 0 Å². The van der Waals surface area contributed by atoms with Crippen LogP contribution < -0.4 is 9.80 Å². The van der Waals surface area contributed by atoms with Crippen LogP contribution in [0.2, 0.25) is 0 Å². The summed E-state index contributed by atoms with van der Waals surface area (Å²) >= 11 is 0. The van der Waals surface area contributed by atoms with Gasteiger partial charge in [0, 0.05) is 38.9 Å². The molecule has 0 amide bonds. The largest absolute Gasteiger partial charge is 0.310 e. The molecular formula is C57H46N2. The molecule has 59 heavy (non-hydrogen) atoms. The van der Waals surface area contributed by atoms with E-state index in [1.807, 2.05) is 0 Å². The van der Waals surface area contributed by atoms with Gasteiger partial charge in [-0.15, -0.1) is 0 Å². The molecule has 0 unspecified atom stereocenters. The molecule has 0 bridgehead atoms. The first kappa shape index (κ1) is 36.2. The summed E-state index contributed by atoms with van der Waals surface area (Å²) in [6.45, 7) is 9.05. The van der Waals surface area contributed by atoms with Gasteiger partial charge in [-0.05, 0) is 117 Å². The Kier molecular flexibility index (Phi) is 9.19. The normalized spacial score (nSPS) is 11.5. The van der Waals surface area contributed by atoms with Gasteiger partial charge in [0.25, 0.3) is 0 Å². The van der Waals surface area contributed by atoms with Crippen LogP contribution in [-0.4, -0.2) is 0 Å². The standard InChI is InChI=1S/C57H46N2/c1-38(2)47-33-45-29-31-50-54(58(48-21-13-7-14-22-48)52-35-43(27-25-39(52)3)41-17-9-5-10-18-41)37-55(51-32-30-46(34-47)56(45)57(50)51)59(49-23-15-8-16-24-49)53-36-44(28-26-40(53)4)42-19-11-6-12-20-42/h5-38H,1-4H3. The second-order valence-corrected chi connectivity index (χ2v) is 16.1. The van der Waals surface area contributed by atoms with E-state index in [1.54, 1.807) is 0 Å². The predicted octanol–water partition coefficient (Wildman–Crippen LogP) is 16.6. The van der Waals surface area contributed by atoms with Crippen molar-refractivity contribution in [3.63, 3.8) is 0 Å². The fourth-order valence-electron chi connectivity index (χ4n) is 8.90. The molecule has 10 rings (SSSR count). The molecule has 0 saturated heterocycles. The zero-order valence-electron chi connectivity index (χ0n) is 34.0. The number of hydrogen-bond acceptors (Lipinski definition) is 2. The molecule has 2 heteroatoms. The number of para-hydroxylation sites is 2. The van der Waals surface area contributed by atoms with Crippen LogP contribution in [0.15, 0.2) is 200 Å². The lowest BCUT2D eigenvalue weighted by Crippen LogP contribution is -2.16. The van der Waals surface area contributed by atoms with Crippen molar-refractivity contribution >= 4 is 66.4 Å². The number of anilines is 6. The lowest BCUT2D eigenvalue weighted by Gasteiger charge is -2.33. The molecule has 0 aromatic heterocycles. The first-order valence-corrected chi connectivity index (χ1v) is 20.7. The number of aryl methyl sites for hydroxylation is 2. The fraction of sp³-hybridized carbons (Fsp3) is 0.0877. The highest BCUT2D eigenvalue weighted by Crippen LogP contribution is 2.51. The minimum Gasteiger partial charge on any atom is -0.310 e. The second-order valence-electron chi connectivity index (χ2n) is 16.1. The van der Waals surface area contributed by atoms with E-state index >= 15 is 0 Å². The Bertz CT molecular complexity index is 2880. The maximum atomic E-state index is 2.49. The monoisotopic (exact) mass is 758 g/mol. The van der Waals surface area contributed by atoms with Crippen LogP contribution >= 0.6 is 0 Å². The van der Waals surface area contributed by atoms with E-state index in [1.165, 1.54) is 71.3 Å². The lowest BCUT2D eigenvalue weighted by molar-refractivity contribution is 0.870. The minimum atomic E-state index is 0.421. The van der Waals surface area contributed by atoms with E-state index in [0.717, 1.165) is 34.1 Å². The van der Waals surface area contributed by atoms with Crippen molar-refractivity contribution in [2.24, 2.45) is 0 Å². The Morgan fingerprint density at radius 3 is 1.15 bits per heavy atom. The molecule has 0 aliphatic carbocycles. The van der Waals surface area contributed by atoms with Gasteiger partial charge in [0.15, 0.2) is 0 Å². The molecule has 0 N–H and O–H groups in total. The summed E-state index contributed by atoms with van der Waals surface area (Å²) in [5.41, 5.74) is 15.3. The number of nitrogens with zero attached hydrogens (tertiary/aromatic N) is 2. The van der Waals surface area contributed by atoms with Crippen molar-refractivity contribution in [2.75, 3.05) is 9.80 Å². The third-order valence-electron chi connectivity index (χ3n) is 12.0. The highest BCUT2D eigenvalue weighted by atomic mass is 15.2. The van der Waals surface area contributed by atoms with Crippen LogP contribution in [0.25, 0.3) is 54.6 Å². The summed E-state index contributed by atoms with van der Waals surface area (Å²) < 4.78 is 0. The van der Waals surface area contributed by atoms with Gasteiger partial charge in [-0.25, -0.2) is 0 Å². The maximum absolute atomic E-state index is 2.49. The van der Waals surface area contributed by atoms with Crippen LogP contribution in [0.3, 0.4) is 0 Å². The summed E-state index contributed by atoms with van der Waals surface area (Å²) in [5.74, 6) is 0.421. The van der Waals surface area contributed by atoms with E-state index in [9.17, 15) is 0 Å². The highest BCUT2D eigenvalue weighted by Gasteiger charge is 2.26. The van der Waals surface area contributed by atoms with Crippen molar-refractivity contribution in [2.45, 2.75) is 33.6 Å². The van der Waals surface area contributed by atoms with Crippen molar-refractivity contribution in [3.05, 3.63) is 217 Å². The molecule has 0 aliphatic heterocycles. The average Bonchev–Trinajstić information content (AvgIpc) is 3.28. The van der Waals surface area contributed by atoms with E-state index in [2.05, 4.69) is 238 Å². The van der Waals surface area contributed by atoms with Gasteiger partial charge in [0.1, 0.15) is 0 Å². The molecule has 2 nitrogen and oxygen atoms in total. The van der Waals surface area contributed by atoms with Crippen LogP contribution in [0, 0.1) is 13.8 Å². The van der Waals surface area contributed by atoms with Gasteiger partial charge in [0.2, 0.25) is 0 Å². The first-order chi connectivity index (χ1) is 28.9. The van der Waals surface area contributed by atoms with Gasteiger partial charge < -0.3 is 9.80 Å². The van der Waals surface area contributed by atoms with Crippen molar-refractivity contribution < 1.29 is 0 Å². The van der Waals surface area contributed by atoms with E-state index in [-0.39, 0.29) is 0 Å². The molecule has 0 fully saturated rings. The summed E-state index contributed by atoms with van der Waals surface area (Å²) in [6, 6.07) is 73.7. The van der Waals surface area contributed by atoms with Crippen LogP contribution in [0.5, 0.6) is 0 Å². The van der Waals surface area contributed by atoms with E-state index in [0.29, 0.717) is 5.92 Å². The second kappa shape index (κ2) is 15.0. The molecule has 0 aliphatic rings. The maximum Gasteiger partial charge on any atom is 0.0561 e. The van der Waals surface area contributed by atoms with Crippen LogP contribution in [0.1, 0.15) is 36.5 Å².